The summed E-state index contributed by atoms with van der Waals surface area (Å²) in [5.74, 6) is -0.00559. The second kappa shape index (κ2) is 8.37. The van der Waals surface area contributed by atoms with Gasteiger partial charge in [0.15, 0.2) is 0 Å². The molecule has 1 heterocycles. The highest BCUT2D eigenvalue weighted by molar-refractivity contribution is 7.99. The Morgan fingerprint density at radius 1 is 1.39 bits per heavy atom. The van der Waals surface area contributed by atoms with Gasteiger partial charge >= 0.3 is 5.97 Å². The number of rotatable bonds is 8. The molecule has 1 rings (SSSR count). The van der Waals surface area contributed by atoms with Gasteiger partial charge in [-0.1, -0.05) is 0 Å². The van der Waals surface area contributed by atoms with Crippen LogP contribution in [-0.2, 0) is 9.59 Å². The van der Waals surface area contributed by atoms with Crippen molar-refractivity contribution in [2.45, 2.75) is 37.4 Å². The number of carboxylic acid groups (broad SMARTS) is 1. The van der Waals surface area contributed by atoms with Gasteiger partial charge in [-0.3, -0.25) is 9.59 Å². The van der Waals surface area contributed by atoms with E-state index in [1.807, 2.05) is 11.8 Å². The van der Waals surface area contributed by atoms with Gasteiger partial charge in [-0.2, -0.15) is 11.8 Å². The third kappa shape index (κ3) is 6.86. The minimum absolute atomic E-state index is 0.221. The quantitative estimate of drug-likeness (QED) is 0.643. The van der Waals surface area contributed by atoms with Gasteiger partial charge in [0.25, 0.3) is 0 Å². The van der Waals surface area contributed by atoms with Crippen molar-refractivity contribution in [3.05, 3.63) is 0 Å². The molecule has 1 fully saturated rings. The zero-order chi connectivity index (χ0) is 13.4. The molecule has 3 N–H and O–H groups in total. The molecule has 104 valence electrons. The molecule has 6 heteroatoms. The van der Waals surface area contributed by atoms with Gasteiger partial charge in [-0.15, -0.1) is 0 Å². The standard InChI is InChI=1S/C12H22N2O3S/c13-11(15)4-2-8-18-10-3-1-6-14(9-10)7-5-12(16)17/h10H,1-9H2,(H2,13,15)(H,16,17). The van der Waals surface area contributed by atoms with E-state index >= 15 is 0 Å². The summed E-state index contributed by atoms with van der Waals surface area (Å²) in [7, 11) is 0. The van der Waals surface area contributed by atoms with Crippen molar-refractivity contribution in [1.82, 2.24) is 4.90 Å². The number of carbonyl (C=O) groups excluding carboxylic acids is 1. The van der Waals surface area contributed by atoms with E-state index in [9.17, 15) is 9.59 Å². The van der Waals surface area contributed by atoms with Crippen LogP contribution in [0.2, 0.25) is 0 Å². The summed E-state index contributed by atoms with van der Waals surface area (Å²) in [5.41, 5.74) is 5.09. The Kier molecular flexibility index (Phi) is 7.12. The SMILES string of the molecule is NC(=O)CCCSC1CCCN(CCC(=O)O)C1. The van der Waals surface area contributed by atoms with Crippen LogP contribution in [0.25, 0.3) is 0 Å². The highest BCUT2D eigenvalue weighted by Crippen LogP contribution is 2.23. The van der Waals surface area contributed by atoms with Crippen molar-refractivity contribution in [2.75, 3.05) is 25.4 Å². The maximum Gasteiger partial charge on any atom is 0.304 e. The van der Waals surface area contributed by atoms with Crippen molar-refractivity contribution < 1.29 is 14.7 Å². The number of nitrogens with two attached hydrogens (primary N) is 1. The van der Waals surface area contributed by atoms with Crippen molar-refractivity contribution in [2.24, 2.45) is 5.73 Å². The van der Waals surface area contributed by atoms with Gasteiger partial charge in [-0.25, -0.2) is 0 Å². The van der Waals surface area contributed by atoms with Gasteiger partial charge in [0.2, 0.25) is 5.91 Å². The summed E-state index contributed by atoms with van der Waals surface area (Å²) in [5, 5.41) is 9.23. The third-order valence-corrected chi connectivity index (χ3v) is 4.41. The molecule has 1 aliphatic heterocycles. The van der Waals surface area contributed by atoms with E-state index in [-0.39, 0.29) is 12.3 Å². The van der Waals surface area contributed by atoms with Gasteiger partial charge in [0.05, 0.1) is 6.42 Å². The zero-order valence-corrected chi connectivity index (χ0v) is 11.5. The van der Waals surface area contributed by atoms with Crippen LogP contribution < -0.4 is 5.73 Å². The predicted molar refractivity (Wildman–Crippen MR) is 72.6 cm³/mol. The summed E-state index contributed by atoms with van der Waals surface area (Å²) >= 11 is 1.88. The van der Waals surface area contributed by atoms with Crippen LogP contribution in [0, 0.1) is 0 Å². The minimum Gasteiger partial charge on any atom is -0.481 e. The summed E-state index contributed by atoms with van der Waals surface area (Å²) in [6, 6.07) is 0. The molecule has 1 saturated heterocycles. The number of hydrogen-bond donors (Lipinski definition) is 2. The smallest absolute Gasteiger partial charge is 0.304 e. The number of thioether (sulfide) groups is 1. The number of piperidine rings is 1. The lowest BCUT2D eigenvalue weighted by Gasteiger charge is -2.32. The maximum absolute atomic E-state index is 10.6. The number of carbonyl (C=O) groups is 2. The van der Waals surface area contributed by atoms with Crippen LogP contribution in [0.3, 0.4) is 0 Å². The third-order valence-electron chi connectivity index (χ3n) is 3.03. The monoisotopic (exact) mass is 274 g/mol. The van der Waals surface area contributed by atoms with Crippen LogP contribution >= 0.6 is 11.8 Å². The first-order chi connectivity index (χ1) is 8.58. The molecule has 0 spiro atoms. The van der Waals surface area contributed by atoms with Gasteiger partial charge in [0, 0.05) is 24.8 Å². The van der Waals surface area contributed by atoms with E-state index < -0.39 is 5.97 Å². The molecule has 0 aliphatic carbocycles. The number of hydrogen-bond acceptors (Lipinski definition) is 4. The first kappa shape index (κ1) is 15.3. The fourth-order valence-electron chi connectivity index (χ4n) is 2.10. The maximum atomic E-state index is 10.6. The first-order valence-electron chi connectivity index (χ1n) is 6.42. The van der Waals surface area contributed by atoms with E-state index in [1.165, 1.54) is 6.42 Å². The summed E-state index contributed by atoms with van der Waals surface area (Å²) in [6.45, 7) is 2.62. The Labute approximate surface area is 112 Å². The summed E-state index contributed by atoms with van der Waals surface area (Å²) in [4.78, 5) is 23.3. The Balaban J connectivity index is 2.14. The van der Waals surface area contributed by atoms with E-state index in [4.69, 9.17) is 10.8 Å². The molecule has 0 aromatic rings. The number of amides is 1. The largest absolute Gasteiger partial charge is 0.481 e. The number of aliphatic carboxylic acids is 1. The molecule has 1 atom stereocenters. The lowest BCUT2D eigenvalue weighted by molar-refractivity contribution is -0.137. The van der Waals surface area contributed by atoms with Crippen LogP contribution in [0.4, 0.5) is 0 Å². The lowest BCUT2D eigenvalue weighted by Crippen LogP contribution is -2.38. The topological polar surface area (TPSA) is 83.6 Å². The van der Waals surface area contributed by atoms with E-state index in [0.717, 1.165) is 31.7 Å². The number of likely N-dealkylation sites (tertiary alicyclic amines) is 1. The van der Waals surface area contributed by atoms with Crippen molar-refractivity contribution in [3.8, 4) is 0 Å². The second-order valence-corrected chi connectivity index (χ2v) is 6.06. The Morgan fingerprint density at radius 3 is 2.83 bits per heavy atom. The molecule has 1 amide bonds. The number of carboxylic acids is 1. The molecule has 1 aliphatic rings. The normalized spacial score (nSPS) is 20.8. The van der Waals surface area contributed by atoms with Crippen molar-refractivity contribution in [3.63, 3.8) is 0 Å². The minimum atomic E-state index is -0.730. The zero-order valence-electron chi connectivity index (χ0n) is 10.6. The molecule has 5 nitrogen and oxygen atoms in total. The first-order valence-corrected chi connectivity index (χ1v) is 7.47. The molecule has 0 radical (unpaired) electrons. The number of primary amides is 1. The molecule has 0 aromatic carbocycles. The predicted octanol–water partition coefficient (Wildman–Crippen LogP) is 0.924. The molecular weight excluding hydrogens is 252 g/mol. The van der Waals surface area contributed by atoms with Gasteiger partial charge < -0.3 is 15.7 Å². The van der Waals surface area contributed by atoms with Crippen LogP contribution in [0.1, 0.15) is 32.1 Å². The average molecular weight is 274 g/mol. The molecule has 0 bridgehead atoms. The Hall–Kier alpha value is -0.750. The molecule has 18 heavy (non-hydrogen) atoms. The van der Waals surface area contributed by atoms with Gasteiger partial charge in [-0.05, 0) is 31.6 Å². The highest BCUT2D eigenvalue weighted by atomic mass is 32.2. The van der Waals surface area contributed by atoms with Crippen LogP contribution in [0.15, 0.2) is 0 Å². The summed E-state index contributed by atoms with van der Waals surface area (Å²) < 4.78 is 0. The van der Waals surface area contributed by atoms with E-state index in [2.05, 4.69) is 4.90 Å². The van der Waals surface area contributed by atoms with Crippen molar-refractivity contribution in [1.29, 1.82) is 0 Å². The second-order valence-electron chi connectivity index (χ2n) is 4.65. The van der Waals surface area contributed by atoms with E-state index in [1.54, 1.807) is 0 Å². The van der Waals surface area contributed by atoms with Gasteiger partial charge in [0.1, 0.15) is 0 Å². The van der Waals surface area contributed by atoms with Crippen LogP contribution in [0.5, 0.6) is 0 Å². The summed E-state index contributed by atoms with van der Waals surface area (Å²) in [6.07, 6.45) is 3.84. The fraction of sp³-hybridized carbons (Fsp3) is 0.833. The highest BCUT2D eigenvalue weighted by Gasteiger charge is 2.20. The van der Waals surface area contributed by atoms with Crippen LogP contribution in [-0.4, -0.2) is 52.5 Å². The Morgan fingerprint density at radius 2 is 2.17 bits per heavy atom. The molecule has 1 unspecified atom stereocenters. The lowest BCUT2D eigenvalue weighted by atomic mass is 10.1. The Bertz CT molecular complexity index is 286. The average Bonchev–Trinajstić information content (AvgIpc) is 2.32. The fourth-order valence-corrected chi connectivity index (χ4v) is 3.40. The molecular formula is C12H22N2O3S. The molecule has 0 aromatic heterocycles. The van der Waals surface area contributed by atoms with E-state index in [0.29, 0.717) is 18.2 Å². The van der Waals surface area contributed by atoms with Crippen molar-refractivity contribution >= 4 is 23.6 Å². The number of nitrogens with zero attached hydrogens (tertiary/aromatic N) is 1. The molecule has 0 saturated carbocycles.